The van der Waals surface area contributed by atoms with E-state index in [0.717, 1.165) is 0 Å². The van der Waals surface area contributed by atoms with Crippen LogP contribution in [0.5, 0.6) is 11.5 Å². The molecular formula is C18H19ClN2O5. The van der Waals surface area contributed by atoms with Crippen molar-refractivity contribution >= 4 is 29.3 Å². The van der Waals surface area contributed by atoms with Crippen molar-refractivity contribution in [3.05, 3.63) is 47.1 Å². The van der Waals surface area contributed by atoms with Crippen LogP contribution < -0.4 is 14.8 Å². The number of carbonyl (C=O) groups is 2. The number of nitrogens with zero attached hydrogens (tertiary/aromatic N) is 1. The van der Waals surface area contributed by atoms with E-state index in [-0.39, 0.29) is 5.56 Å². The standard InChI is InChI=1S/C18H19ClN2O5/c1-4-25-15-9-12(5-7-14(15)24-3)18(23)26-11(2)17(22)21-16-8-6-13(19)10-20-16/h5-11H,4H2,1-3H3,(H,20,21,22)/t11-/m0/s1. The third kappa shape index (κ3) is 5.10. The summed E-state index contributed by atoms with van der Waals surface area (Å²) in [5, 5.41) is 3.00. The van der Waals surface area contributed by atoms with E-state index >= 15 is 0 Å². The molecule has 138 valence electrons. The number of nitrogens with one attached hydrogen (secondary N) is 1. The molecule has 0 aliphatic carbocycles. The molecular weight excluding hydrogens is 360 g/mol. The molecule has 1 aromatic heterocycles. The van der Waals surface area contributed by atoms with Gasteiger partial charge in [-0.15, -0.1) is 0 Å². The number of halogens is 1. The monoisotopic (exact) mass is 378 g/mol. The Labute approximate surface area is 156 Å². The number of methoxy groups -OCH3 is 1. The molecule has 0 radical (unpaired) electrons. The molecule has 0 fully saturated rings. The summed E-state index contributed by atoms with van der Waals surface area (Å²) in [5.74, 6) is 0.0762. The second-order valence-corrected chi connectivity index (χ2v) is 5.63. The number of esters is 1. The third-order valence-electron chi connectivity index (χ3n) is 3.33. The Morgan fingerprint density at radius 2 is 2.00 bits per heavy atom. The van der Waals surface area contributed by atoms with Gasteiger partial charge in [-0.2, -0.15) is 0 Å². The van der Waals surface area contributed by atoms with E-state index in [4.69, 9.17) is 25.8 Å². The van der Waals surface area contributed by atoms with Crippen LogP contribution in [-0.4, -0.2) is 36.7 Å². The largest absolute Gasteiger partial charge is 0.493 e. The average molecular weight is 379 g/mol. The zero-order chi connectivity index (χ0) is 19.1. The van der Waals surface area contributed by atoms with E-state index in [0.29, 0.717) is 28.9 Å². The lowest BCUT2D eigenvalue weighted by molar-refractivity contribution is -0.123. The molecule has 0 bridgehead atoms. The fourth-order valence-corrected chi connectivity index (χ4v) is 2.14. The van der Waals surface area contributed by atoms with Gasteiger partial charge in [0.25, 0.3) is 5.91 Å². The van der Waals surface area contributed by atoms with Crippen LogP contribution in [-0.2, 0) is 9.53 Å². The van der Waals surface area contributed by atoms with Crippen LogP contribution in [0.4, 0.5) is 5.82 Å². The van der Waals surface area contributed by atoms with E-state index in [9.17, 15) is 9.59 Å². The number of benzene rings is 1. The summed E-state index contributed by atoms with van der Waals surface area (Å²) in [6.45, 7) is 3.71. The van der Waals surface area contributed by atoms with Crippen molar-refractivity contribution in [3.8, 4) is 11.5 Å². The van der Waals surface area contributed by atoms with Crippen molar-refractivity contribution in [1.29, 1.82) is 0 Å². The second kappa shape index (κ2) is 9.05. The molecule has 1 amide bonds. The first kappa shape index (κ1) is 19.5. The fourth-order valence-electron chi connectivity index (χ4n) is 2.03. The van der Waals surface area contributed by atoms with Gasteiger partial charge in [0.05, 0.1) is 24.3 Å². The molecule has 0 aliphatic heterocycles. The molecule has 7 nitrogen and oxygen atoms in total. The molecule has 0 saturated carbocycles. The van der Waals surface area contributed by atoms with Crippen molar-refractivity contribution in [2.75, 3.05) is 19.0 Å². The summed E-state index contributed by atoms with van der Waals surface area (Å²) in [4.78, 5) is 28.4. The molecule has 0 spiro atoms. The molecule has 1 N–H and O–H groups in total. The number of pyridine rings is 1. The predicted octanol–water partition coefficient (Wildman–Crippen LogP) is 3.33. The van der Waals surface area contributed by atoms with Gasteiger partial charge >= 0.3 is 5.97 Å². The lowest BCUT2D eigenvalue weighted by Crippen LogP contribution is -2.30. The van der Waals surface area contributed by atoms with Gasteiger partial charge in [0.1, 0.15) is 5.82 Å². The zero-order valence-electron chi connectivity index (χ0n) is 14.6. The van der Waals surface area contributed by atoms with Gasteiger partial charge in [-0.3, -0.25) is 4.79 Å². The van der Waals surface area contributed by atoms with Gasteiger partial charge in [0, 0.05) is 6.20 Å². The molecule has 0 unspecified atom stereocenters. The van der Waals surface area contributed by atoms with Gasteiger partial charge in [-0.05, 0) is 44.2 Å². The third-order valence-corrected chi connectivity index (χ3v) is 3.55. The quantitative estimate of drug-likeness (QED) is 0.744. The smallest absolute Gasteiger partial charge is 0.339 e. The Bertz CT molecular complexity index is 780. The van der Waals surface area contributed by atoms with E-state index in [1.54, 1.807) is 18.2 Å². The Morgan fingerprint density at radius 3 is 2.62 bits per heavy atom. The van der Waals surface area contributed by atoms with Gasteiger partial charge in [0.15, 0.2) is 17.6 Å². The van der Waals surface area contributed by atoms with Crippen LogP contribution in [0.15, 0.2) is 36.5 Å². The Kier molecular flexibility index (Phi) is 6.80. The number of hydrogen-bond donors (Lipinski definition) is 1. The summed E-state index contributed by atoms with van der Waals surface area (Å²) in [6, 6.07) is 7.79. The zero-order valence-corrected chi connectivity index (χ0v) is 15.4. The molecule has 26 heavy (non-hydrogen) atoms. The molecule has 1 aromatic carbocycles. The molecule has 0 aliphatic rings. The average Bonchev–Trinajstić information content (AvgIpc) is 2.63. The number of anilines is 1. The molecule has 1 heterocycles. The maximum Gasteiger partial charge on any atom is 0.339 e. The number of ether oxygens (including phenoxy) is 3. The summed E-state index contributed by atoms with van der Waals surface area (Å²) in [7, 11) is 1.51. The van der Waals surface area contributed by atoms with Crippen molar-refractivity contribution in [2.24, 2.45) is 0 Å². The van der Waals surface area contributed by atoms with Gasteiger partial charge in [-0.1, -0.05) is 11.6 Å². The lowest BCUT2D eigenvalue weighted by atomic mass is 10.2. The minimum absolute atomic E-state index is 0.249. The first-order valence-electron chi connectivity index (χ1n) is 7.88. The maximum atomic E-state index is 12.3. The van der Waals surface area contributed by atoms with Crippen LogP contribution in [0.25, 0.3) is 0 Å². The molecule has 2 aromatic rings. The molecule has 0 saturated heterocycles. The van der Waals surface area contributed by atoms with Crippen LogP contribution in [0.2, 0.25) is 5.02 Å². The highest BCUT2D eigenvalue weighted by Crippen LogP contribution is 2.28. The summed E-state index contributed by atoms with van der Waals surface area (Å²) >= 11 is 5.74. The summed E-state index contributed by atoms with van der Waals surface area (Å²) < 4.78 is 15.8. The summed E-state index contributed by atoms with van der Waals surface area (Å²) in [5.41, 5.74) is 0.249. The number of carbonyl (C=O) groups excluding carboxylic acids is 2. The Morgan fingerprint density at radius 1 is 1.23 bits per heavy atom. The van der Waals surface area contributed by atoms with E-state index in [1.165, 1.54) is 32.4 Å². The number of hydrogen-bond acceptors (Lipinski definition) is 6. The van der Waals surface area contributed by atoms with Crippen LogP contribution in [0.3, 0.4) is 0 Å². The Balaban J connectivity index is 2.02. The van der Waals surface area contributed by atoms with E-state index < -0.39 is 18.0 Å². The van der Waals surface area contributed by atoms with E-state index in [2.05, 4.69) is 10.3 Å². The van der Waals surface area contributed by atoms with E-state index in [1.807, 2.05) is 6.92 Å². The molecule has 2 rings (SSSR count). The number of rotatable bonds is 7. The number of aromatic nitrogens is 1. The van der Waals surface area contributed by atoms with Crippen LogP contribution in [0, 0.1) is 0 Å². The molecule has 1 atom stereocenters. The first-order valence-corrected chi connectivity index (χ1v) is 8.26. The second-order valence-electron chi connectivity index (χ2n) is 5.20. The first-order chi connectivity index (χ1) is 12.4. The number of amides is 1. The molecule has 8 heteroatoms. The predicted molar refractivity (Wildman–Crippen MR) is 96.9 cm³/mol. The minimum atomic E-state index is -1.02. The van der Waals surface area contributed by atoms with Crippen molar-refractivity contribution in [2.45, 2.75) is 20.0 Å². The van der Waals surface area contributed by atoms with Crippen LogP contribution in [0.1, 0.15) is 24.2 Å². The normalized spacial score (nSPS) is 11.4. The van der Waals surface area contributed by atoms with Gasteiger partial charge in [-0.25, -0.2) is 9.78 Å². The summed E-state index contributed by atoms with van der Waals surface area (Å²) in [6.07, 6.45) is 0.387. The Hall–Kier alpha value is -2.80. The SMILES string of the molecule is CCOc1cc(C(=O)O[C@@H](C)C(=O)Nc2ccc(Cl)cn2)ccc1OC. The van der Waals surface area contributed by atoms with Crippen LogP contribution >= 0.6 is 11.6 Å². The maximum absolute atomic E-state index is 12.3. The highest BCUT2D eigenvalue weighted by molar-refractivity contribution is 6.30. The van der Waals surface area contributed by atoms with Gasteiger partial charge in [0.2, 0.25) is 0 Å². The van der Waals surface area contributed by atoms with Crippen molar-refractivity contribution in [3.63, 3.8) is 0 Å². The van der Waals surface area contributed by atoms with Gasteiger partial charge < -0.3 is 19.5 Å². The lowest BCUT2D eigenvalue weighted by Gasteiger charge is -2.14. The fraction of sp³-hybridized carbons (Fsp3) is 0.278. The minimum Gasteiger partial charge on any atom is -0.493 e. The topological polar surface area (TPSA) is 86.8 Å². The highest BCUT2D eigenvalue weighted by atomic mass is 35.5. The van der Waals surface area contributed by atoms with Crippen molar-refractivity contribution < 1.29 is 23.8 Å². The highest BCUT2D eigenvalue weighted by Gasteiger charge is 2.20. The van der Waals surface area contributed by atoms with Crippen molar-refractivity contribution in [1.82, 2.24) is 4.98 Å².